The summed E-state index contributed by atoms with van der Waals surface area (Å²) < 4.78 is 50.3. The second-order valence-electron chi connectivity index (χ2n) is 6.09. The first-order valence-corrected chi connectivity index (χ1v) is 9.40. The van der Waals surface area contributed by atoms with E-state index in [-0.39, 0.29) is 11.9 Å². The molecule has 0 aromatic carbocycles. The van der Waals surface area contributed by atoms with Gasteiger partial charge in [0, 0.05) is 22.9 Å². The van der Waals surface area contributed by atoms with Crippen LogP contribution in [-0.4, -0.2) is 31.4 Å². The summed E-state index contributed by atoms with van der Waals surface area (Å²) in [5, 5.41) is 1.91. The van der Waals surface area contributed by atoms with Crippen LogP contribution in [0.5, 0.6) is 0 Å². The van der Waals surface area contributed by atoms with E-state index in [0.29, 0.717) is 6.07 Å². The zero-order valence-electron chi connectivity index (χ0n) is 13.7. The number of rotatable bonds is 5. The number of nitrogens with one attached hydrogen (secondary N) is 2. The lowest BCUT2D eigenvalue weighted by atomic mass is 9.95. The molecule has 2 rings (SSSR count). The lowest BCUT2D eigenvalue weighted by molar-refractivity contribution is -0.141. The van der Waals surface area contributed by atoms with Crippen molar-refractivity contribution in [1.29, 1.82) is 0 Å². The maximum absolute atomic E-state index is 12.7. The number of amides is 1. The minimum absolute atomic E-state index is 0.0483. The summed E-state index contributed by atoms with van der Waals surface area (Å²) in [6, 6.07) is 0.387. The summed E-state index contributed by atoms with van der Waals surface area (Å²) in [4.78, 5) is 28.9. The molecule has 1 aromatic rings. The molecule has 1 saturated carbocycles. The van der Waals surface area contributed by atoms with Crippen molar-refractivity contribution in [2.45, 2.75) is 62.2 Å². The molecule has 1 fully saturated rings. The number of hydrogen-bond acceptors (Lipinski definition) is 4. The third-order valence-corrected chi connectivity index (χ3v) is 5.64. The van der Waals surface area contributed by atoms with Crippen LogP contribution in [0.15, 0.2) is 10.9 Å². The number of carbonyl (C=O) groups is 1. The van der Waals surface area contributed by atoms with Gasteiger partial charge in [-0.3, -0.25) is 13.8 Å². The molecule has 2 N–H and O–H groups in total. The summed E-state index contributed by atoms with van der Waals surface area (Å²) in [6.45, 7) is 1.44. The van der Waals surface area contributed by atoms with E-state index >= 15 is 0 Å². The molecular weight excluding hydrogens is 359 g/mol. The average Bonchev–Trinajstić information content (AvgIpc) is 2.53. The highest BCUT2D eigenvalue weighted by atomic mass is 32.2. The molecule has 1 aliphatic carbocycles. The van der Waals surface area contributed by atoms with Gasteiger partial charge >= 0.3 is 6.18 Å². The second kappa shape index (κ2) is 8.11. The van der Waals surface area contributed by atoms with Gasteiger partial charge in [-0.2, -0.15) is 13.2 Å². The molecule has 0 spiro atoms. The monoisotopic (exact) mass is 379 g/mol. The maximum atomic E-state index is 12.7. The number of alkyl halides is 3. The summed E-state index contributed by atoms with van der Waals surface area (Å²) >= 11 is 0. The van der Waals surface area contributed by atoms with E-state index in [0.717, 1.165) is 32.1 Å². The highest BCUT2D eigenvalue weighted by Crippen LogP contribution is 2.26. The van der Waals surface area contributed by atoms with Crippen molar-refractivity contribution in [1.82, 2.24) is 15.3 Å². The second-order valence-corrected chi connectivity index (χ2v) is 7.84. The lowest BCUT2D eigenvalue weighted by Gasteiger charge is -2.24. The number of hydrogen-bond donors (Lipinski definition) is 2. The van der Waals surface area contributed by atoms with Crippen LogP contribution in [0.1, 0.15) is 50.5 Å². The highest BCUT2D eigenvalue weighted by molar-refractivity contribution is 7.85. The Morgan fingerprint density at radius 1 is 1.40 bits per heavy atom. The molecule has 1 aromatic heterocycles. The molecule has 0 bridgehead atoms. The van der Waals surface area contributed by atoms with Crippen molar-refractivity contribution in [3.63, 3.8) is 0 Å². The molecule has 0 radical (unpaired) electrons. The largest absolute Gasteiger partial charge is 0.433 e. The van der Waals surface area contributed by atoms with E-state index in [1.165, 1.54) is 6.92 Å². The van der Waals surface area contributed by atoms with Crippen molar-refractivity contribution >= 4 is 16.7 Å². The first kappa shape index (κ1) is 19.6. The van der Waals surface area contributed by atoms with Crippen LogP contribution in [0.25, 0.3) is 0 Å². The number of carbonyl (C=O) groups excluding carboxylic acids is 1. The van der Waals surface area contributed by atoms with Crippen molar-refractivity contribution in [3.05, 3.63) is 27.9 Å². The van der Waals surface area contributed by atoms with Gasteiger partial charge in [-0.15, -0.1) is 0 Å². The van der Waals surface area contributed by atoms with Crippen molar-refractivity contribution in [2.24, 2.45) is 0 Å². The van der Waals surface area contributed by atoms with Crippen LogP contribution in [0, 0.1) is 0 Å². The molecule has 10 heteroatoms. The number of halogens is 3. The van der Waals surface area contributed by atoms with Gasteiger partial charge in [-0.25, -0.2) is 4.98 Å². The molecule has 1 aliphatic rings. The van der Waals surface area contributed by atoms with Gasteiger partial charge in [0.15, 0.2) is 5.69 Å². The Balaban J connectivity index is 2.02. The molecule has 1 heterocycles. The zero-order chi connectivity index (χ0) is 18.6. The normalized spacial score (nSPS) is 18.6. The number of aromatic nitrogens is 2. The molecule has 1 amide bonds. The van der Waals surface area contributed by atoms with E-state index in [1.54, 1.807) is 0 Å². The SMILES string of the molecule is C[C@@H](C(=O)NC1CCCCC1)[S@](=O)Cc1nc(C(F)(F)F)cc(=O)[nH]1. The number of H-pyrrole nitrogens is 1. The molecule has 140 valence electrons. The fraction of sp³-hybridized carbons (Fsp3) is 0.667. The molecule has 2 atom stereocenters. The predicted molar refractivity (Wildman–Crippen MR) is 86.2 cm³/mol. The van der Waals surface area contributed by atoms with Gasteiger partial charge in [-0.05, 0) is 19.8 Å². The average molecular weight is 379 g/mol. The van der Waals surface area contributed by atoms with Crippen molar-refractivity contribution in [3.8, 4) is 0 Å². The number of aromatic amines is 1. The Morgan fingerprint density at radius 3 is 2.64 bits per heavy atom. The minimum Gasteiger partial charge on any atom is -0.352 e. The van der Waals surface area contributed by atoms with Crippen molar-refractivity contribution < 1.29 is 22.2 Å². The fourth-order valence-electron chi connectivity index (χ4n) is 2.67. The van der Waals surface area contributed by atoms with Crippen LogP contribution in [0.4, 0.5) is 13.2 Å². The Bertz CT molecular complexity index is 699. The van der Waals surface area contributed by atoms with Crippen LogP contribution in [-0.2, 0) is 27.5 Å². The Kier molecular flexibility index (Phi) is 6.36. The Hall–Kier alpha value is -1.71. The number of nitrogens with zero attached hydrogens (tertiary/aromatic N) is 1. The molecule has 6 nitrogen and oxygen atoms in total. The van der Waals surface area contributed by atoms with Gasteiger partial charge in [0.25, 0.3) is 5.56 Å². The Morgan fingerprint density at radius 2 is 2.04 bits per heavy atom. The molecule has 0 unspecified atom stereocenters. The lowest BCUT2D eigenvalue weighted by Crippen LogP contribution is -2.43. The molecule has 0 aliphatic heterocycles. The van der Waals surface area contributed by atoms with Crippen LogP contribution in [0.3, 0.4) is 0 Å². The molecule has 0 saturated heterocycles. The topological polar surface area (TPSA) is 91.9 Å². The van der Waals surface area contributed by atoms with Gasteiger partial charge in [0.05, 0.1) is 5.75 Å². The third-order valence-electron chi connectivity index (χ3n) is 4.08. The zero-order valence-corrected chi connectivity index (χ0v) is 14.5. The first-order valence-electron chi connectivity index (χ1n) is 8.02. The smallest absolute Gasteiger partial charge is 0.352 e. The minimum atomic E-state index is -4.77. The van der Waals surface area contributed by atoms with Gasteiger partial charge in [0.2, 0.25) is 5.91 Å². The van der Waals surface area contributed by atoms with Crippen LogP contribution in [0.2, 0.25) is 0 Å². The summed E-state index contributed by atoms with van der Waals surface area (Å²) in [6.07, 6.45) is 0.147. The fourth-order valence-corrected chi connectivity index (χ4v) is 3.63. The quantitative estimate of drug-likeness (QED) is 0.817. The van der Waals surface area contributed by atoms with Gasteiger partial charge < -0.3 is 10.3 Å². The van der Waals surface area contributed by atoms with Crippen molar-refractivity contribution in [2.75, 3.05) is 0 Å². The van der Waals surface area contributed by atoms with E-state index in [2.05, 4.69) is 15.3 Å². The maximum Gasteiger partial charge on any atom is 0.433 e. The van der Waals surface area contributed by atoms with E-state index in [4.69, 9.17) is 0 Å². The third kappa shape index (κ3) is 5.65. The standard InChI is InChI=1S/C15H20F3N3O3S/c1-9(14(23)19-10-5-3-2-4-6-10)25(24)8-12-20-11(15(16,17)18)7-13(22)21-12/h7,9-10H,2-6,8H2,1H3,(H,19,23)(H,20,21,22)/t9-,25+/m0/s1. The summed E-state index contributed by atoms with van der Waals surface area (Å²) in [5.74, 6) is -1.19. The molecular formula is C15H20F3N3O3S. The van der Waals surface area contributed by atoms with Gasteiger partial charge in [-0.1, -0.05) is 19.3 Å². The van der Waals surface area contributed by atoms with Crippen LogP contribution >= 0.6 is 0 Å². The van der Waals surface area contributed by atoms with E-state index in [9.17, 15) is 27.0 Å². The Labute approximate surface area is 145 Å². The van der Waals surface area contributed by atoms with E-state index in [1.807, 2.05) is 0 Å². The summed E-state index contributed by atoms with van der Waals surface area (Å²) in [5.41, 5.74) is -2.32. The predicted octanol–water partition coefficient (Wildman–Crippen LogP) is 1.87. The highest BCUT2D eigenvalue weighted by Gasteiger charge is 2.34. The van der Waals surface area contributed by atoms with Gasteiger partial charge in [0.1, 0.15) is 11.1 Å². The van der Waals surface area contributed by atoms with E-state index < -0.39 is 45.1 Å². The molecule has 25 heavy (non-hydrogen) atoms. The summed E-state index contributed by atoms with van der Waals surface area (Å²) in [7, 11) is -1.81. The first-order chi connectivity index (χ1) is 11.7. The van der Waals surface area contributed by atoms with Crippen LogP contribution < -0.4 is 10.9 Å².